The average molecular weight is 779 g/mol. The minimum atomic E-state index is -0.0937. The summed E-state index contributed by atoms with van der Waals surface area (Å²) in [4.78, 5) is 25.9. The molecule has 0 saturated heterocycles. The summed E-state index contributed by atoms with van der Waals surface area (Å²) in [5, 5.41) is 11.0. The zero-order valence-corrected chi connectivity index (χ0v) is 33.6. The Balaban J connectivity index is 0.774. The third kappa shape index (κ3) is 9.57. The molecular weight excluding hydrogens is 729 g/mol. The van der Waals surface area contributed by atoms with Crippen LogP contribution < -0.4 is 28.9 Å². The number of amides is 2. The van der Waals surface area contributed by atoms with Crippen molar-refractivity contribution in [2.24, 2.45) is 0 Å². The zero-order chi connectivity index (χ0) is 40.6. The highest BCUT2D eigenvalue weighted by Crippen LogP contribution is 2.25. The molecule has 4 aromatic carbocycles. The molecule has 4 aromatic heterocycles. The van der Waals surface area contributed by atoms with E-state index in [9.17, 15) is 9.59 Å². The molecule has 2 N–H and O–H groups in total. The van der Waals surface area contributed by atoms with Gasteiger partial charge in [0, 0.05) is 48.5 Å². The largest absolute Gasteiger partial charge is 0.344 e. The van der Waals surface area contributed by atoms with Crippen molar-refractivity contribution in [3.05, 3.63) is 194 Å². The van der Waals surface area contributed by atoms with E-state index in [1.807, 2.05) is 84.2 Å². The number of pyridine rings is 4. The first-order valence-corrected chi connectivity index (χ1v) is 20.4. The lowest BCUT2D eigenvalue weighted by Crippen LogP contribution is -2.43. The van der Waals surface area contributed by atoms with Crippen LogP contribution in [0.15, 0.2) is 183 Å². The highest BCUT2D eigenvalue weighted by molar-refractivity contribution is 5.87. The topological polar surface area (TPSA) is 73.7 Å². The Bertz CT molecular complexity index is 2500. The number of rotatable bonds is 14. The predicted molar refractivity (Wildman–Crippen MR) is 230 cm³/mol. The number of nitrogens with zero attached hydrogens (tertiary/aromatic N) is 4. The second-order valence-corrected chi connectivity index (χ2v) is 15.2. The molecule has 0 saturated carbocycles. The van der Waals surface area contributed by atoms with Gasteiger partial charge in [-0.15, -0.1) is 0 Å². The molecule has 0 spiro atoms. The molecule has 0 aliphatic carbocycles. The fraction of sp³-hybridized carbons (Fsp3) is 0.176. The second-order valence-electron chi connectivity index (χ2n) is 15.2. The Morgan fingerprint density at radius 3 is 1.12 bits per heavy atom. The van der Waals surface area contributed by atoms with Crippen LogP contribution in [0.5, 0.6) is 0 Å². The third-order valence-corrected chi connectivity index (χ3v) is 11.1. The smallest absolute Gasteiger partial charge is 0.286 e. The van der Waals surface area contributed by atoms with Crippen molar-refractivity contribution in [1.82, 2.24) is 10.6 Å². The number of benzene rings is 4. The number of aromatic nitrogens is 4. The van der Waals surface area contributed by atoms with Crippen LogP contribution >= 0.6 is 0 Å². The molecule has 59 heavy (non-hydrogen) atoms. The molecule has 0 fully saturated rings. The van der Waals surface area contributed by atoms with Crippen molar-refractivity contribution in [3.63, 3.8) is 0 Å². The maximum absolute atomic E-state index is 12.9. The maximum Gasteiger partial charge on any atom is 0.286 e. The number of nitrogens with one attached hydrogen (secondary N) is 2. The summed E-state index contributed by atoms with van der Waals surface area (Å²) in [6, 6.07) is 45.6. The van der Waals surface area contributed by atoms with Crippen LogP contribution in [0, 0.1) is 0 Å². The van der Waals surface area contributed by atoms with Crippen molar-refractivity contribution in [2.75, 3.05) is 0 Å². The molecule has 8 rings (SSSR count). The van der Waals surface area contributed by atoms with Crippen LogP contribution in [0.1, 0.15) is 43.5 Å². The molecule has 8 nitrogen and oxygen atoms in total. The van der Waals surface area contributed by atoms with Gasteiger partial charge in [0.15, 0.2) is 62.7 Å². The zero-order valence-electron chi connectivity index (χ0n) is 33.6. The standard InChI is InChI=1S/C51H48N6O2/c1-38(46-16-7-12-44-10-3-5-14-48(44)46)52-50(58)36-56-32-22-42(23-33-56)40-18-28-54(29-19-40)26-9-27-55-30-20-41(21-31-55)43-24-34-57(35-25-43)37-51(59)53-39(2)47-17-8-13-45-11-4-6-15-49(45)47/h3-8,10-25,28-35,38-39H,9,26-27,36-37H2,1-2H3/q+2/p+2/t38-,39-/m0/s1. The lowest BCUT2D eigenvalue weighted by molar-refractivity contribution is -0.726. The number of fused-ring (bicyclic) bond motifs is 2. The van der Waals surface area contributed by atoms with Gasteiger partial charge in [-0.05, 0) is 68.8 Å². The molecule has 0 radical (unpaired) electrons. The summed E-state index contributed by atoms with van der Waals surface area (Å²) < 4.78 is 8.25. The van der Waals surface area contributed by atoms with Crippen LogP contribution in [0.4, 0.5) is 0 Å². The monoisotopic (exact) mass is 778 g/mol. The van der Waals surface area contributed by atoms with Gasteiger partial charge in [0.05, 0.1) is 18.5 Å². The highest BCUT2D eigenvalue weighted by Gasteiger charge is 2.18. The molecule has 0 unspecified atom stereocenters. The van der Waals surface area contributed by atoms with Crippen LogP contribution in [0.25, 0.3) is 43.8 Å². The molecular formula is C51H50N6O2+4. The van der Waals surface area contributed by atoms with Gasteiger partial charge in [-0.25, -0.2) is 9.13 Å². The lowest BCUT2D eigenvalue weighted by atomic mass is 10.00. The molecule has 2 amide bonds. The van der Waals surface area contributed by atoms with Gasteiger partial charge < -0.3 is 10.6 Å². The predicted octanol–water partition coefficient (Wildman–Crippen LogP) is 7.32. The first-order chi connectivity index (χ1) is 28.9. The SMILES string of the molecule is C[C@H](NC(=O)C[n+]1ccc(-c2cc[n+](CCC[n+]3ccc(-c4cc[n+](CC(=O)N[C@@H](C)c5cccc6ccccc56)cc4)cc3)cc2)cc1)c1cccc2ccccc12. The Morgan fingerprint density at radius 1 is 0.424 bits per heavy atom. The molecule has 8 aromatic rings. The minimum Gasteiger partial charge on any atom is -0.344 e. The fourth-order valence-corrected chi connectivity index (χ4v) is 7.86. The summed E-state index contributed by atoms with van der Waals surface area (Å²) >= 11 is 0. The van der Waals surface area contributed by atoms with Crippen molar-refractivity contribution < 1.29 is 27.9 Å². The van der Waals surface area contributed by atoms with Crippen molar-refractivity contribution in [2.45, 2.75) is 58.5 Å². The first kappa shape index (κ1) is 38.8. The Kier molecular flexibility index (Phi) is 11.9. The van der Waals surface area contributed by atoms with E-state index in [1.54, 1.807) is 0 Å². The van der Waals surface area contributed by atoms with E-state index in [0.29, 0.717) is 0 Å². The summed E-state index contributed by atoms with van der Waals surface area (Å²) in [5.41, 5.74) is 6.72. The average Bonchev–Trinajstić information content (AvgIpc) is 3.27. The maximum atomic E-state index is 12.9. The summed E-state index contributed by atoms with van der Waals surface area (Å²) in [6.45, 7) is 6.39. The number of hydrogen-bond acceptors (Lipinski definition) is 2. The van der Waals surface area contributed by atoms with Crippen molar-refractivity contribution in [1.29, 1.82) is 0 Å². The Hall–Kier alpha value is -7.06. The second kappa shape index (κ2) is 18.0. The van der Waals surface area contributed by atoms with Gasteiger partial charge in [-0.1, -0.05) is 84.9 Å². The number of aryl methyl sites for hydroxylation is 2. The molecule has 8 heteroatoms. The van der Waals surface area contributed by atoms with E-state index >= 15 is 0 Å². The van der Waals surface area contributed by atoms with Crippen molar-refractivity contribution >= 4 is 33.4 Å². The van der Waals surface area contributed by atoms with Gasteiger partial charge >= 0.3 is 0 Å². The summed E-state index contributed by atoms with van der Waals surface area (Å²) in [6.07, 6.45) is 17.4. The molecule has 4 heterocycles. The summed E-state index contributed by atoms with van der Waals surface area (Å²) in [5.74, 6) is -0.0463. The molecule has 0 aliphatic heterocycles. The van der Waals surface area contributed by atoms with Gasteiger partial charge in [0.1, 0.15) is 0 Å². The van der Waals surface area contributed by atoms with Gasteiger partial charge in [-0.2, -0.15) is 9.13 Å². The van der Waals surface area contributed by atoms with Gasteiger partial charge in [0.25, 0.3) is 11.8 Å². The number of carbonyl (C=O) groups is 2. The molecule has 2 atom stereocenters. The molecule has 0 aliphatic rings. The third-order valence-electron chi connectivity index (χ3n) is 11.1. The van der Waals surface area contributed by atoms with Crippen LogP contribution in [-0.4, -0.2) is 11.8 Å². The quantitative estimate of drug-likeness (QED) is 0.114. The number of carbonyl (C=O) groups excluding carboxylic acids is 2. The minimum absolute atomic E-state index is 0.0232. The highest BCUT2D eigenvalue weighted by atomic mass is 16.2. The molecule has 0 bridgehead atoms. The fourth-order valence-electron chi connectivity index (χ4n) is 7.86. The number of hydrogen-bond donors (Lipinski definition) is 2. The normalized spacial score (nSPS) is 12.2. The van der Waals surface area contributed by atoms with E-state index in [2.05, 4.69) is 142 Å². The van der Waals surface area contributed by atoms with E-state index in [-0.39, 0.29) is 37.0 Å². The molecule has 292 valence electrons. The van der Waals surface area contributed by atoms with Crippen LogP contribution in [0.2, 0.25) is 0 Å². The van der Waals surface area contributed by atoms with E-state index in [1.165, 1.54) is 10.8 Å². The Morgan fingerprint density at radius 2 is 0.746 bits per heavy atom. The van der Waals surface area contributed by atoms with Crippen molar-refractivity contribution in [3.8, 4) is 22.3 Å². The van der Waals surface area contributed by atoms with E-state index in [4.69, 9.17) is 0 Å². The Labute approximate surface area is 345 Å². The van der Waals surface area contributed by atoms with Gasteiger partial charge in [0.2, 0.25) is 13.1 Å². The lowest BCUT2D eigenvalue weighted by Gasteiger charge is -2.15. The van der Waals surface area contributed by atoms with E-state index < -0.39 is 0 Å². The van der Waals surface area contributed by atoms with E-state index in [0.717, 1.165) is 63.7 Å². The summed E-state index contributed by atoms with van der Waals surface area (Å²) in [7, 11) is 0. The van der Waals surface area contributed by atoms with Gasteiger partial charge in [-0.3, -0.25) is 9.59 Å². The first-order valence-electron chi connectivity index (χ1n) is 20.4. The van der Waals surface area contributed by atoms with Crippen LogP contribution in [-0.2, 0) is 35.8 Å². The van der Waals surface area contributed by atoms with Crippen LogP contribution in [0.3, 0.4) is 0 Å².